The van der Waals surface area contributed by atoms with Gasteiger partial charge in [0, 0.05) is 41.6 Å². The van der Waals surface area contributed by atoms with Gasteiger partial charge in [-0.1, -0.05) is 30.3 Å². The van der Waals surface area contributed by atoms with Crippen LogP contribution in [-0.2, 0) is 4.79 Å². The number of non-ortho nitro benzene ring substituents is 1. The fraction of sp³-hybridized carbons (Fsp3) is 0.0938. The van der Waals surface area contributed by atoms with Gasteiger partial charge in [-0.25, -0.2) is 0 Å². The average molecular weight is 591 g/mol. The van der Waals surface area contributed by atoms with Gasteiger partial charge in [0.1, 0.15) is 11.8 Å². The minimum atomic E-state index is -0.407. The second-order valence-corrected chi connectivity index (χ2v) is 10.2. The number of nitrogens with one attached hydrogen (secondary N) is 2. The molecule has 43 heavy (non-hydrogen) atoms. The van der Waals surface area contributed by atoms with Gasteiger partial charge in [0.25, 0.3) is 11.6 Å². The third kappa shape index (κ3) is 5.92. The molecule has 0 bridgehead atoms. The molecule has 5 aromatic rings. The molecule has 214 valence electrons. The monoisotopic (exact) mass is 590 g/mol. The van der Waals surface area contributed by atoms with E-state index in [9.17, 15) is 14.9 Å². The van der Waals surface area contributed by atoms with Gasteiger partial charge >= 0.3 is 0 Å². The number of benzene rings is 3. The molecule has 0 saturated carbocycles. The number of amides is 1. The Hall–Kier alpha value is -5.55. The highest BCUT2D eigenvalue weighted by Gasteiger charge is 2.42. The van der Waals surface area contributed by atoms with E-state index in [1.807, 2.05) is 94.5 Å². The van der Waals surface area contributed by atoms with E-state index >= 15 is 0 Å². The Morgan fingerprint density at radius 2 is 1.74 bits per heavy atom. The Balaban J connectivity index is 1.30. The summed E-state index contributed by atoms with van der Waals surface area (Å²) in [6.45, 7) is -0.117. The van der Waals surface area contributed by atoms with E-state index in [2.05, 4.69) is 15.6 Å². The van der Waals surface area contributed by atoms with Crippen molar-refractivity contribution in [3.63, 3.8) is 0 Å². The van der Waals surface area contributed by atoms with E-state index in [0.29, 0.717) is 22.2 Å². The summed E-state index contributed by atoms with van der Waals surface area (Å²) in [5.41, 5.74) is 3.72. The van der Waals surface area contributed by atoms with Crippen LogP contribution in [0.3, 0.4) is 0 Å². The first-order valence-electron chi connectivity index (χ1n) is 13.5. The lowest BCUT2D eigenvalue weighted by molar-refractivity contribution is -0.384. The van der Waals surface area contributed by atoms with Crippen molar-refractivity contribution >= 4 is 40.3 Å². The first-order valence-corrected chi connectivity index (χ1v) is 13.9. The summed E-state index contributed by atoms with van der Waals surface area (Å²) in [6, 6.07) is 32.0. The average Bonchev–Trinajstić information content (AvgIpc) is 3.66. The van der Waals surface area contributed by atoms with Crippen LogP contribution in [0.4, 0.5) is 17.1 Å². The third-order valence-corrected chi connectivity index (χ3v) is 7.36. The summed E-state index contributed by atoms with van der Waals surface area (Å²) in [7, 11) is 0. The van der Waals surface area contributed by atoms with Gasteiger partial charge in [0.2, 0.25) is 0 Å². The van der Waals surface area contributed by atoms with Crippen LogP contribution in [0.15, 0.2) is 122 Å². The number of anilines is 2. The molecule has 2 N–H and O–H groups in total. The number of hydrogen-bond acceptors (Lipinski definition) is 6. The second kappa shape index (κ2) is 12.1. The second-order valence-electron chi connectivity index (χ2n) is 9.77. The number of hydrogen-bond donors (Lipinski definition) is 2. The number of ether oxygens (including phenoxy) is 1. The number of nitrogens with zero attached hydrogens (tertiary/aromatic N) is 4. The number of carbonyl (C=O) groups excluding carboxylic acids is 1. The molecule has 0 aliphatic carbocycles. The number of carbonyl (C=O) groups is 1. The van der Waals surface area contributed by atoms with Gasteiger partial charge in [-0.05, 0) is 78.9 Å². The molecule has 2 aromatic heterocycles. The number of thiocarbonyl (C=S) groups is 1. The fourth-order valence-electron chi connectivity index (χ4n) is 5.13. The first-order chi connectivity index (χ1) is 21.0. The van der Waals surface area contributed by atoms with Crippen molar-refractivity contribution in [3.05, 3.63) is 143 Å². The highest BCUT2D eigenvalue weighted by atomic mass is 32.1. The fourth-order valence-corrected chi connectivity index (χ4v) is 5.47. The predicted octanol–water partition coefficient (Wildman–Crippen LogP) is 5.98. The number of nitro groups is 1. The van der Waals surface area contributed by atoms with Gasteiger partial charge in [-0.2, -0.15) is 0 Å². The molecule has 6 rings (SSSR count). The van der Waals surface area contributed by atoms with E-state index in [-0.39, 0.29) is 30.3 Å². The Morgan fingerprint density at radius 1 is 0.953 bits per heavy atom. The zero-order valence-electron chi connectivity index (χ0n) is 22.7. The van der Waals surface area contributed by atoms with Crippen LogP contribution >= 0.6 is 12.2 Å². The molecule has 0 spiro atoms. The standard InChI is InChI=1S/C32H26N6O4S/c39-29(21-42-26-10-2-1-3-11-26)34-22-14-16-23(17-15-22)37-31(30(35-32(37)43)27-12-4-5-18-33-27)28-13-7-19-36(28)24-8-6-9-25(20-24)38(40)41/h1-20,30-31H,21H2,(H,34,39)(H,35,43)/t30-,31-/m0/s1. The highest BCUT2D eigenvalue weighted by Crippen LogP contribution is 2.42. The minimum absolute atomic E-state index is 0.00199. The van der Waals surface area contributed by atoms with Crippen molar-refractivity contribution in [2.75, 3.05) is 16.8 Å². The van der Waals surface area contributed by atoms with E-state index < -0.39 is 4.92 Å². The van der Waals surface area contributed by atoms with Crippen molar-refractivity contribution in [1.82, 2.24) is 14.9 Å². The van der Waals surface area contributed by atoms with Crippen LogP contribution in [-0.4, -0.2) is 32.1 Å². The van der Waals surface area contributed by atoms with Gasteiger partial charge in [-0.15, -0.1) is 0 Å². The van der Waals surface area contributed by atoms with Crippen molar-refractivity contribution in [1.29, 1.82) is 0 Å². The van der Waals surface area contributed by atoms with Crippen molar-refractivity contribution < 1.29 is 14.5 Å². The molecular formula is C32H26N6O4S. The topological polar surface area (TPSA) is 115 Å². The SMILES string of the molecule is O=C(COc1ccccc1)Nc1ccc(N2C(=S)N[C@@H](c3ccccn3)[C@@H]2c2cccn2-c2cccc([N+](=O)[O-])c2)cc1. The lowest BCUT2D eigenvalue weighted by atomic mass is 10.0. The lowest BCUT2D eigenvalue weighted by Gasteiger charge is -2.29. The van der Waals surface area contributed by atoms with Crippen molar-refractivity contribution in [2.24, 2.45) is 0 Å². The molecule has 0 radical (unpaired) electrons. The van der Waals surface area contributed by atoms with Crippen LogP contribution < -0.4 is 20.3 Å². The summed E-state index contributed by atoms with van der Waals surface area (Å²) in [6.07, 6.45) is 3.61. The van der Waals surface area contributed by atoms with E-state index in [1.165, 1.54) is 6.07 Å². The normalized spacial score (nSPS) is 16.0. The summed E-state index contributed by atoms with van der Waals surface area (Å²) in [4.78, 5) is 30.2. The first kappa shape index (κ1) is 27.6. The van der Waals surface area contributed by atoms with Crippen molar-refractivity contribution in [2.45, 2.75) is 12.1 Å². The molecule has 1 aliphatic rings. The molecule has 1 fully saturated rings. The molecule has 1 amide bonds. The quantitative estimate of drug-likeness (QED) is 0.123. The van der Waals surface area contributed by atoms with Crippen LogP contribution in [0.25, 0.3) is 5.69 Å². The number of pyridine rings is 1. The molecule has 0 unspecified atom stereocenters. The number of para-hydroxylation sites is 1. The lowest BCUT2D eigenvalue weighted by Crippen LogP contribution is -2.30. The summed E-state index contributed by atoms with van der Waals surface area (Å²) < 4.78 is 7.47. The number of nitro benzene ring substituents is 1. The molecular weight excluding hydrogens is 564 g/mol. The zero-order valence-corrected chi connectivity index (χ0v) is 23.6. The summed E-state index contributed by atoms with van der Waals surface area (Å²) in [5, 5.41) is 18.3. The van der Waals surface area contributed by atoms with E-state index in [4.69, 9.17) is 17.0 Å². The van der Waals surface area contributed by atoms with Crippen LogP contribution in [0.5, 0.6) is 5.75 Å². The Bertz CT molecular complexity index is 1760. The molecule has 3 heterocycles. The Kier molecular flexibility index (Phi) is 7.79. The van der Waals surface area contributed by atoms with Crippen LogP contribution in [0.2, 0.25) is 0 Å². The minimum Gasteiger partial charge on any atom is -0.484 e. The maximum Gasteiger partial charge on any atom is 0.271 e. The predicted molar refractivity (Wildman–Crippen MR) is 167 cm³/mol. The molecule has 2 atom stereocenters. The van der Waals surface area contributed by atoms with E-state index in [0.717, 1.165) is 17.1 Å². The molecule has 11 heteroatoms. The molecule has 1 saturated heterocycles. The van der Waals surface area contributed by atoms with E-state index in [1.54, 1.807) is 30.5 Å². The van der Waals surface area contributed by atoms with Gasteiger partial charge in [-0.3, -0.25) is 19.9 Å². The maximum absolute atomic E-state index is 12.5. The molecule has 10 nitrogen and oxygen atoms in total. The maximum atomic E-state index is 12.5. The molecule has 1 aliphatic heterocycles. The Morgan fingerprint density at radius 3 is 2.49 bits per heavy atom. The van der Waals surface area contributed by atoms with Gasteiger partial charge in [0.05, 0.1) is 22.3 Å². The zero-order chi connectivity index (χ0) is 29.8. The number of aromatic nitrogens is 2. The highest BCUT2D eigenvalue weighted by molar-refractivity contribution is 7.80. The van der Waals surface area contributed by atoms with Crippen LogP contribution in [0.1, 0.15) is 23.5 Å². The van der Waals surface area contributed by atoms with Crippen molar-refractivity contribution in [3.8, 4) is 11.4 Å². The molecule has 3 aromatic carbocycles. The summed E-state index contributed by atoms with van der Waals surface area (Å²) >= 11 is 5.85. The van der Waals surface area contributed by atoms with Gasteiger partial charge in [0.15, 0.2) is 11.7 Å². The number of rotatable bonds is 9. The smallest absolute Gasteiger partial charge is 0.271 e. The van der Waals surface area contributed by atoms with Crippen LogP contribution in [0, 0.1) is 10.1 Å². The van der Waals surface area contributed by atoms with Gasteiger partial charge < -0.3 is 24.8 Å². The Labute approximate surface area is 252 Å². The largest absolute Gasteiger partial charge is 0.484 e. The summed E-state index contributed by atoms with van der Waals surface area (Å²) in [5.74, 6) is 0.337. The third-order valence-electron chi connectivity index (χ3n) is 7.04.